The molecule has 0 aliphatic heterocycles. The summed E-state index contributed by atoms with van der Waals surface area (Å²) in [6.45, 7) is 0.0946. The van der Waals surface area contributed by atoms with Gasteiger partial charge < -0.3 is 4.74 Å². The minimum atomic E-state index is -5.23. The van der Waals surface area contributed by atoms with Crippen molar-refractivity contribution in [3.05, 3.63) is 0 Å². The van der Waals surface area contributed by atoms with Gasteiger partial charge in [0.05, 0.1) is 6.61 Å². The second-order valence-electron chi connectivity index (χ2n) is 12.8. The van der Waals surface area contributed by atoms with Crippen LogP contribution in [0.4, 0.5) is 4.39 Å². The molecule has 8 rings (SSSR count). The lowest BCUT2D eigenvalue weighted by Gasteiger charge is -2.57. The van der Waals surface area contributed by atoms with Crippen LogP contribution in [0.3, 0.4) is 0 Å². The van der Waals surface area contributed by atoms with E-state index in [4.69, 9.17) is 4.74 Å². The van der Waals surface area contributed by atoms with Crippen molar-refractivity contribution in [1.29, 1.82) is 0 Å². The van der Waals surface area contributed by atoms with Crippen molar-refractivity contribution >= 4 is 16.1 Å². The highest BCUT2D eigenvalue weighted by molar-refractivity contribution is 7.87. The molecule has 0 heterocycles. The molecule has 0 aromatic carbocycles. The SMILES string of the molecule is O=C(OCC12CC3CC(CC(C3)C1)C2)C(F)(CC12CC3CC(CC(C3)C1)C2)S(=O)(=O)O. The summed E-state index contributed by atoms with van der Waals surface area (Å²) in [5, 5.41) is -3.35. The number of halogens is 1. The number of rotatable bonds is 6. The molecule has 0 aromatic heterocycles. The van der Waals surface area contributed by atoms with E-state index in [1.165, 1.54) is 19.3 Å². The van der Waals surface area contributed by atoms with Crippen molar-refractivity contribution in [2.75, 3.05) is 6.61 Å². The molecule has 8 fully saturated rings. The molecular weight excluding hydrogens is 419 g/mol. The van der Waals surface area contributed by atoms with E-state index < -0.39 is 32.9 Å². The van der Waals surface area contributed by atoms with Gasteiger partial charge in [0.25, 0.3) is 0 Å². The van der Waals surface area contributed by atoms with Gasteiger partial charge in [0, 0.05) is 11.8 Å². The number of hydrogen-bond donors (Lipinski definition) is 1. The molecule has 8 saturated carbocycles. The van der Waals surface area contributed by atoms with Crippen LogP contribution in [-0.4, -0.2) is 30.5 Å². The Bertz CT molecular complexity index is 812. The average molecular weight is 455 g/mol. The van der Waals surface area contributed by atoms with E-state index in [0.29, 0.717) is 35.5 Å². The van der Waals surface area contributed by atoms with Gasteiger partial charge in [-0.05, 0) is 118 Å². The van der Waals surface area contributed by atoms with Gasteiger partial charge in [-0.2, -0.15) is 8.42 Å². The Morgan fingerprint density at radius 3 is 1.52 bits per heavy atom. The number of carbonyl (C=O) groups is 1. The Balaban J connectivity index is 1.20. The minimum Gasteiger partial charge on any atom is -0.462 e. The first-order valence-corrected chi connectivity index (χ1v) is 13.8. The fourth-order valence-corrected chi connectivity index (χ4v) is 10.8. The highest BCUT2D eigenvalue weighted by Gasteiger charge is 2.62. The van der Waals surface area contributed by atoms with Crippen LogP contribution in [0, 0.1) is 46.3 Å². The van der Waals surface area contributed by atoms with Crippen LogP contribution in [0.15, 0.2) is 0 Å². The van der Waals surface area contributed by atoms with Crippen molar-refractivity contribution in [3.8, 4) is 0 Å². The van der Waals surface area contributed by atoms with Crippen molar-refractivity contribution < 1.29 is 26.9 Å². The number of hydrogen-bond acceptors (Lipinski definition) is 4. The molecule has 1 N–H and O–H groups in total. The maximum atomic E-state index is 16.0. The molecule has 8 bridgehead atoms. The van der Waals surface area contributed by atoms with Gasteiger partial charge in [-0.3, -0.25) is 4.55 Å². The third-order valence-corrected chi connectivity index (χ3v) is 11.3. The van der Waals surface area contributed by atoms with E-state index in [1.54, 1.807) is 0 Å². The predicted octanol–water partition coefficient (Wildman–Crippen LogP) is 4.91. The normalized spacial score (nSPS) is 49.2. The van der Waals surface area contributed by atoms with Crippen LogP contribution in [0.1, 0.15) is 83.5 Å². The number of carbonyl (C=O) groups excluding carboxylic acids is 1. The summed E-state index contributed by atoms with van der Waals surface area (Å²) >= 11 is 0. The lowest BCUT2D eigenvalue weighted by atomic mass is 9.48. The van der Waals surface area contributed by atoms with Gasteiger partial charge in [0.1, 0.15) is 0 Å². The van der Waals surface area contributed by atoms with E-state index in [9.17, 15) is 17.8 Å². The summed E-state index contributed by atoms with van der Waals surface area (Å²) < 4.78 is 55.8. The smallest absolute Gasteiger partial charge is 0.362 e. The highest BCUT2D eigenvalue weighted by Crippen LogP contribution is 2.63. The Morgan fingerprint density at radius 2 is 1.16 bits per heavy atom. The van der Waals surface area contributed by atoms with E-state index in [2.05, 4.69) is 0 Å². The maximum absolute atomic E-state index is 16.0. The van der Waals surface area contributed by atoms with Gasteiger partial charge in [-0.25, -0.2) is 9.18 Å². The quantitative estimate of drug-likeness (QED) is 0.456. The molecule has 1 atom stereocenters. The van der Waals surface area contributed by atoms with Gasteiger partial charge in [-0.1, -0.05) is 0 Å². The molecule has 1 unspecified atom stereocenters. The fourth-order valence-electron chi connectivity index (χ4n) is 10.1. The standard InChI is InChI=1S/C24H35FO5S/c25-24(31(27,28)29,13-22-7-15-1-16(8-22)3-17(2-15)9-22)21(26)30-14-23-10-18-4-19(11-23)6-20(5-18)12-23/h15-20H,1-14H2,(H,27,28,29). The van der Waals surface area contributed by atoms with Crippen LogP contribution in [0.2, 0.25) is 0 Å². The van der Waals surface area contributed by atoms with E-state index >= 15 is 4.39 Å². The van der Waals surface area contributed by atoms with Gasteiger partial charge in [0.15, 0.2) is 0 Å². The summed E-state index contributed by atoms with van der Waals surface area (Å²) in [6, 6.07) is 0. The Hall–Kier alpha value is -0.690. The monoisotopic (exact) mass is 454 g/mol. The second kappa shape index (κ2) is 6.68. The highest BCUT2D eigenvalue weighted by atomic mass is 32.2. The molecule has 174 valence electrons. The Labute approximate surface area is 184 Å². The summed E-state index contributed by atoms with van der Waals surface area (Å²) in [4.78, 5) is 13.0. The van der Waals surface area contributed by atoms with Crippen LogP contribution in [-0.2, 0) is 19.6 Å². The van der Waals surface area contributed by atoms with Crippen molar-refractivity contribution in [3.63, 3.8) is 0 Å². The molecular formula is C24H35FO5S. The maximum Gasteiger partial charge on any atom is 0.362 e. The molecule has 0 aromatic rings. The molecule has 8 aliphatic rings. The van der Waals surface area contributed by atoms with Crippen LogP contribution >= 0.6 is 0 Å². The van der Waals surface area contributed by atoms with Crippen LogP contribution in [0.5, 0.6) is 0 Å². The van der Waals surface area contributed by atoms with Crippen LogP contribution in [0.25, 0.3) is 0 Å². The second-order valence-corrected chi connectivity index (χ2v) is 14.4. The van der Waals surface area contributed by atoms with Gasteiger partial charge >= 0.3 is 21.1 Å². The summed E-state index contributed by atoms with van der Waals surface area (Å²) in [7, 11) is -5.23. The third-order valence-electron chi connectivity index (χ3n) is 10.2. The van der Waals surface area contributed by atoms with Gasteiger partial charge in [-0.15, -0.1) is 0 Å². The number of ether oxygens (including phenoxy) is 1. The van der Waals surface area contributed by atoms with E-state index in [-0.39, 0.29) is 12.0 Å². The molecule has 0 radical (unpaired) electrons. The van der Waals surface area contributed by atoms with E-state index in [0.717, 1.165) is 57.8 Å². The molecule has 7 heteroatoms. The lowest BCUT2D eigenvalue weighted by Crippen LogP contribution is -2.54. The third kappa shape index (κ3) is 3.39. The molecule has 0 saturated heterocycles. The molecule has 31 heavy (non-hydrogen) atoms. The topological polar surface area (TPSA) is 80.7 Å². The fraction of sp³-hybridized carbons (Fsp3) is 0.958. The predicted molar refractivity (Wildman–Crippen MR) is 112 cm³/mol. The summed E-state index contributed by atoms with van der Waals surface area (Å²) in [5.41, 5.74) is -0.621. The zero-order valence-electron chi connectivity index (χ0n) is 18.2. The Kier molecular flexibility index (Phi) is 4.50. The average Bonchev–Trinajstić information content (AvgIpc) is 2.62. The molecule has 0 amide bonds. The van der Waals surface area contributed by atoms with Crippen molar-refractivity contribution in [1.82, 2.24) is 0 Å². The summed E-state index contributed by atoms with van der Waals surface area (Å²) in [6.07, 6.45) is 12.0. The zero-order valence-corrected chi connectivity index (χ0v) is 19.0. The van der Waals surface area contributed by atoms with E-state index in [1.807, 2.05) is 0 Å². The zero-order chi connectivity index (χ0) is 21.6. The van der Waals surface area contributed by atoms with Crippen molar-refractivity contribution in [2.24, 2.45) is 46.3 Å². The number of alkyl halides is 1. The first-order valence-electron chi connectivity index (χ1n) is 12.4. The first kappa shape index (κ1) is 20.9. The Morgan fingerprint density at radius 1 is 0.806 bits per heavy atom. The lowest BCUT2D eigenvalue weighted by molar-refractivity contribution is -0.168. The minimum absolute atomic E-state index is 0.0946. The first-order chi connectivity index (χ1) is 14.6. The van der Waals surface area contributed by atoms with Crippen molar-refractivity contribution in [2.45, 2.75) is 88.5 Å². The summed E-state index contributed by atoms with van der Waals surface area (Å²) in [5.74, 6) is 2.11. The van der Waals surface area contributed by atoms with Crippen LogP contribution < -0.4 is 0 Å². The number of esters is 1. The largest absolute Gasteiger partial charge is 0.462 e. The molecule has 5 nitrogen and oxygen atoms in total. The molecule has 0 spiro atoms. The molecule has 8 aliphatic carbocycles. The van der Waals surface area contributed by atoms with Gasteiger partial charge in [0.2, 0.25) is 0 Å².